The van der Waals surface area contributed by atoms with Crippen LogP contribution in [0.1, 0.15) is 36.6 Å². The first-order chi connectivity index (χ1) is 13.0. The summed E-state index contributed by atoms with van der Waals surface area (Å²) in [7, 11) is 2.94. The van der Waals surface area contributed by atoms with E-state index in [4.69, 9.17) is 9.47 Å². The molecule has 134 valence electrons. The first kappa shape index (κ1) is 16.8. The average molecular weight is 362 g/mol. The number of Topliss-reactive ketones (excluding diaryl/α,β-unsaturated/α-hetero) is 3. The van der Waals surface area contributed by atoms with Crippen LogP contribution in [-0.2, 0) is 0 Å². The summed E-state index contributed by atoms with van der Waals surface area (Å²) >= 11 is 0. The lowest BCUT2D eigenvalue weighted by Gasteiger charge is -2.02. The van der Waals surface area contributed by atoms with Crippen LogP contribution in [0.15, 0.2) is 53.6 Å². The van der Waals surface area contributed by atoms with Gasteiger partial charge in [-0.2, -0.15) is 0 Å². The van der Waals surface area contributed by atoms with Crippen LogP contribution in [0.3, 0.4) is 0 Å². The third-order valence-electron chi connectivity index (χ3n) is 4.72. The molecule has 0 aliphatic heterocycles. The van der Waals surface area contributed by atoms with E-state index in [1.165, 1.54) is 44.6 Å². The molecule has 6 nitrogen and oxygen atoms in total. The van der Waals surface area contributed by atoms with Crippen molar-refractivity contribution < 1.29 is 29.0 Å². The lowest BCUT2D eigenvalue weighted by atomic mass is 10.0. The summed E-state index contributed by atoms with van der Waals surface area (Å²) in [5.74, 6) is -0.790. The van der Waals surface area contributed by atoms with Crippen molar-refractivity contribution in [3.8, 4) is 11.5 Å². The Labute approximate surface area is 154 Å². The maximum atomic E-state index is 12.7. The number of aliphatic hydroxyl groups excluding tert-OH is 1. The Balaban J connectivity index is 1.80. The van der Waals surface area contributed by atoms with Gasteiger partial charge in [-0.1, -0.05) is 0 Å². The van der Waals surface area contributed by atoms with Crippen LogP contribution in [0.25, 0.3) is 5.76 Å². The fourth-order valence-electron chi connectivity index (χ4n) is 3.28. The first-order valence-corrected chi connectivity index (χ1v) is 8.11. The minimum atomic E-state index is -0.504. The number of ketones is 3. The standard InChI is InChI=1S/C21H14O6/c1-26-10-3-5-12-14(7-10)20(24)16(18(12)22)9-17-19(23)13-6-4-11(27-2)8-15(13)21(17)25/h3-9,24H,1-2H3/b17-9+. The molecule has 0 unspecified atom stereocenters. The Bertz CT molecular complexity index is 1100. The predicted octanol–water partition coefficient (Wildman–Crippen LogP) is 3.17. The highest BCUT2D eigenvalue weighted by Crippen LogP contribution is 2.37. The van der Waals surface area contributed by atoms with Crippen LogP contribution in [0, 0.1) is 0 Å². The molecule has 0 saturated carbocycles. The maximum Gasteiger partial charge on any atom is 0.197 e. The van der Waals surface area contributed by atoms with Gasteiger partial charge in [0, 0.05) is 22.3 Å². The van der Waals surface area contributed by atoms with Crippen LogP contribution in [0.5, 0.6) is 11.5 Å². The molecule has 2 aromatic rings. The van der Waals surface area contributed by atoms with Gasteiger partial charge in [0.2, 0.25) is 0 Å². The minimum absolute atomic E-state index is 0.0882. The van der Waals surface area contributed by atoms with Crippen LogP contribution < -0.4 is 9.47 Å². The molecule has 0 heterocycles. The molecule has 0 amide bonds. The van der Waals surface area contributed by atoms with E-state index in [1.807, 2.05) is 0 Å². The van der Waals surface area contributed by atoms with Gasteiger partial charge in [0.15, 0.2) is 17.3 Å². The summed E-state index contributed by atoms with van der Waals surface area (Å²) in [5.41, 5.74) is 0.815. The highest BCUT2D eigenvalue weighted by molar-refractivity contribution is 6.40. The Morgan fingerprint density at radius 3 is 1.85 bits per heavy atom. The molecule has 0 saturated heterocycles. The summed E-state index contributed by atoms with van der Waals surface area (Å²) < 4.78 is 10.2. The molecular weight excluding hydrogens is 348 g/mol. The number of aliphatic hydroxyl groups is 1. The van der Waals surface area contributed by atoms with Crippen molar-refractivity contribution in [3.05, 3.63) is 75.9 Å². The number of carbonyl (C=O) groups excluding carboxylic acids is 3. The van der Waals surface area contributed by atoms with Crippen molar-refractivity contribution >= 4 is 23.1 Å². The molecule has 0 bridgehead atoms. The monoisotopic (exact) mass is 362 g/mol. The van der Waals surface area contributed by atoms with Gasteiger partial charge in [0.1, 0.15) is 17.3 Å². The third kappa shape index (κ3) is 2.38. The fourth-order valence-corrected chi connectivity index (χ4v) is 3.28. The molecule has 4 rings (SSSR count). The lowest BCUT2D eigenvalue weighted by molar-refractivity contribution is 0.0988. The smallest absolute Gasteiger partial charge is 0.197 e. The zero-order valence-corrected chi connectivity index (χ0v) is 14.5. The van der Waals surface area contributed by atoms with Gasteiger partial charge in [-0.05, 0) is 42.5 Å². The minimum Gasteiger partial charge on any atom is -0.507 e. The number of carbonyl (C=O) groups is 3. The van der Waals surface area contributed by atoms with E-state index >= 15 is 0 Å². The zero-order chi connectivity index (χ0) is 19.3. The molecule has 2 aliphatic carbocycles. The van der Waals surface area contributed by atoms with Crippen LogP contribution in [0.4, 0.5) is 0 Å². The van der Waals surface area contributed by atoms with Crippen molar-refractivity contribution in [3.63, 3.8) is 0 Å². The quantitative estimate of drug-likeness (QED) is 0.666. The summed E-state index contributed by atoms with van der Waals surface area (Å²) in [4.78, 5) is 37.9. The second-order valence-corrected chi connectivity index (χ2v) is 6.13. The fraction of sp³-hybridized carbons (Fsp3) is 0.0952. The number of methoxy groups -OCH3 is 2. The Morgan fingerprint density at radius 2 is 1.26 bits per heavy atom. The molecule has 2 aliphatic rings. The average Bonchev–Trinajstić information content (AvgIpc) is 3.07. The molecular formula is C21H14O6. The highest BCUT2D eigenvalue weighted by Gasteiger charge is 2.36. The van der Waals surface area contributed by atoms with E-state index in [0.717, 1.165) is 0 Å². The summed E-state index contributed by atoms with van der Waals surface area (Å²) in [6, 6.07) is 9.27. The predicted molar refractivity (Wildman–Crippen MR) is 96.6 cm³/mol. The molecule has 0 aromatic heterocycles. The number of benzene rings is 2. The van der Waals surface area contributed by atoms with Crippen molar-refractivity contribution in [2.24, 2.45) is 0 Å². The zero-order valence-electron chi connectivity index (χ0n) is 14.5. The highest BCUT2D eigenvalue weighted by atomic mass is 16.5. The lowest BCUT2D eigenvalue weighted by Crippen LogP contribution is -2.04. The van der Waals surface area contributed by atoms with E-state index in [-0.39, 0.29) is 33.6 Å². The van der Waals surface area contributed by atoms with Gasteiger partial charge in [-0.3, -0.25) is 14.4 Å². The molecule has 2 aromatic carbocycles. The van der Waals surface area contributed by atoms with E-state index in [0.29, 0.717) is 17.1 Å². The van der Waals surface area contributed by atoms with Crippen molar-refractivity contribution in [1.29, 1.82) is 0 Å². The number of hydrogen-bond donors (Lipinski definition) is 1. The molecule has 0 spiro atoms. The molecule has 0 atom stereocenters. The van der Waals surface area contributed by atoms with E-state index in [1.54, 1.807) is 12.1 Å². The molecule has 0 radical (unpaired) electrons. The SMILES string of the molecule is COc1ccc2c(c1)C(=O)/C(=C/C1=C(O)c3cc(OC)ccc3C1=O)C2=O. The van der Waals surface area contributed by atoms with Gasteiger partial charge in [0.05, 0.1) is 25.4 Å². The third-order valence-corrected chi connectivity index (χ3v) is 4.72. The van der Waals surface area contributed by atoms with Gasteiger partial charge >= 0.3 is 0 Å². The number of fused-ring (bicyclic) bond motifs is 2. The molecule has 6 heteroatoms. The first-order valence-electron chi connectivity index (χ1n) is 8.11. The second-order valence-electron chi connectivity index (χ2n) is 6.13. The van der Waals surface area contributed by atoms with E-state index in [9.17, 15) is 19.5 Å². The summed E-state index contributed by atoms with van der Waals surface area (Å²) in [5, 5.41) is 10.5. The van der Waals surface area contributed by atoms with Gasteiger partial charge in [-0.15, -0.1) is 0 Å². The van der Waals surface area contributed by atoms with Gasteiger partial charge < -0.3 is 14.6 Å². The molecule has 1 N–H and O–H groups in total. The van der Waals surface area contributed by atoms with Crippen LogP contribution in [-0.4, -0.2) is 36.7 Å². The van der Waals surface area contributed by atoms with Gasteiger partial charge in [0.25, 0.3) is 0 Å². The van der Waals surface area contributed by atoms with Crippen molar-refractivity contribution in [2.45, 2.75) is 0 Å². The second kappa shape index (κ2) is 5.95. The Hall–Kier alpha value is -3.67. The number of ether oxygens (including phenoxy) is 2. The summed E-state index contributed by atoms with van der Waals surface area (Å²) in [6.45, 7) is 0. The van der Waals surface area contributed by atoms with Crippen molar-refractivity contribution in [2.75, 3.05) is 14.2 Å². The molecule has 0 fully saturated rings. The number of hydrogen-bond acceptors (Lipinski definition) is 6. The van der Waals surface area contributed by atoms with E-state index < -0.39 is 17.3 Å². The Morgan fingerprint density at radius 1 is 0.741 bits per heavy atom. The maximum absolute atomic E-state index is 12.7. The number of rotatable bonds is 3. The summed E-state index contributed by atoms with van der Waals surface area (Å²) in [6.07, 6.45) is 1.17. The van der Waals surface area contributed by atoms with E-state index in [2.05, 4.69) is 0 Å². The molecule has 27 heavy (non-hydrogen) atoms. The van der Waals surface area contributed by atoms with Crippen molar-refractivity contribution in [1.82, 2.24) is 0 Å². The van der Waals surface area contributed by atoms with Crippen LogP contribution in [0.2, 0.25) is 0 Å². The topological polar surface area (TPSA) is 89.9 Å². The van der Waals surface area contributed by atoms with Crippen LogP contribution >= 0.6 is 0 Å². The number of allylic oxidation sites excluding steroid dienone is 3. The normalized spacial score (nSPS) is 16.8. The van der Waals surface area contributed by atoms with Gasteiger partial charge in [-0.25, -0.2) is 0 Å². The Kier molecular flexibility index (Phi) is 3.70. The largest absolute Gasteiger partial charge is 0.507 e.